The number of carbonyl (C=O) groups excluding carboxylic acids is 1. The molecule has 0 aliphatic carbocycles. The Morgan fingerprint density at radius 3 is 2.90 bits per heavy atom. The lowest BCUT2D eigenvalue weighted by molar-refractivity contribution is -0.121. The SMILES string of the molecule is CC[C@H](NC(=O)Cc1cccc(Cl)c1)c1n[nH]c(C)n1. The van der Waals surface area contributed by atoms with E-state index in [2.05, 4.69) is 20.5 Å². The molecule has 6 heteroatoms. The number of benzene rings is 1. The third kappa shape index (κ3) is 3.81. The molecule has 0 spiro atoms. The largest absolute Gasteiger partial charge is 0.346 e. The fraction of sp³-hybridized carbons (Fsp3) is 0.357. The Morgan fingerprint density at radius 2 is 2.30 bits per heavy atom. The second-order valence-corrected chi connectivity index (χ2v) is 5.05. The van der Waals surface area contributed by atoms with Gasteiger partial charge in [-0.05, 0) is 31.0 Å². The average molecular weight is 293 g/mol. The molecule has 2 aromatic rings. The summed E-state index contributed by atoms with van der Waals surface area (Å²) in [6, 6.07) is 7.11. The Kier molecular flexibility index (Phi) is 4.74. The van der Waals surface area contributed by atoms with Crippen LogP contribution in [0.15, 0.2) is 24.3 Å². The van der Waals surface area contributed by atoms with E-state index in [0.717, 1.165) is 17.8 Å². The fourth-order valence-electron chi connectivity index (χ4n) is 1.94. The van der Waals surface area contributed by atoms with Crippen molar-refractivity contribution in [3.8, 4) is 0 Å². The van der Waals surface area contributed by atoms with Crippen LogP contribution in [0.2, 0.25) is 5.02 Å². The van der Waals surface area contributed by atoms with Gasteiger partial charge in [0.2, 0.25) is 5.91 Å². The number of aromatic nitrogens is 3. The second kappa shape index (κ2) is 6.52. The molecule has 1 atom stereocenters. The quantitative estimate of drug-likeness (QED) is 0.890. The van der Waals surface area contributed by atoms with Crippen LogP contribution in [0.4, 0.5) is 0 Å². The van der Waals surface area contributed by atoms with Crippen LogP contribution in [-0.4, -0.2) is 21.1 Å². The molecule has 0 saturated heterocycles. The van der Waals surface area contributed by atoms with Crippen molar-refractivity contribution >= 4 is 17.5 Å². The number of amides is 1. The molecule has 2 rings (SSSR count). The summed E-state index contributed by atoms with van der Waals surface area (Å²) in [5.41, 5.74) is 0.885. The fourth-order valence-corrected chi connectivity index (χ4v) is 2.16. The molecular formula is C14H17ClN4O. The predicted molar refractivity (Wildman–Crippen MR) is 77.5 cm³/mol. The number of hydrogen-bond donors (Lipinski definition) is 2. The van der Waals surface area contributed by atoms with Crippen molar-refractivity contribution in [2.75, 3.05) is 0 Å². The highest BCUT2D eigenvalue weighted by atomic mass is 35.5. The summed E-state index contributed by atoms with van der Waals surface area (Å²) in [5, 5.41) is 10.4. The van der Waals surface area contributed by atoms with Crippen molar-refractivity contribution in [1.29, 1.82) is 0 Å². The lowest BCUT2D eigenvalue weighted by Crippen LogP contribution is -2.30. The van der Waals surface area contributed by atoms with Crippen LogP contribution in [0.3, 0.4) is 0 Å². The minimum atomic E-state index is -0.174. The van der Waals surface area contributed by atoms with Gasteiger partial charge in [0.1, 0.15) is 5.82 Å². The summed E-state index contributed by atoms with van der Waals surface area (Å²) in [4.78, 5) is 16.3. The Morgan fingerprint density at radius 1 is 1.50 bits per heavy atom. The maximum Gasteiger partial charge on any atom is 0.225 e. The predicted octanol–water partition coefficient (Wildman–Crippen LogP) is 2.58. The maximum atomic E-state index is 12.1. The Hall–Kier alpha value is -1.88. The lowest BCUT2D eigenvalue weighted by atomic mass is 10.1. The second-order valence-electron chi connectivity index (χ2n) is 4.61. The van der Waals surface area contributed by atoms with E-state index in [9.17, 15) is 4.79 Å². The van der Waals surface area contributed by atoms with Gasteiger partial charge in [0.15, 0.2) is 5.82 Å². The molecule has 20 heavy (non-hydrogen) atoms. The zero-order valence-electron chi connectivity index (χ0n) is 11.5. The van der Waals surface area contributed by atoms with E-state index in [1.165, 1.54) is 0 Å². The van der Waals surface area contributed by atoms with Crippen LogP contribution in [-0.2, 0) is 11.2 Å². The van der Waals surface area contributed by atoms with Crippen molar-refractivity contribution < 1.29 is 4.79 Å². The third-order valence-electron chi connectivity index (χ3n) is 2.92. The van der Waals surface area contributed by atoms with Crippen LogP contribution >= 0.6 is 11.6 Å². The van der Waals surface area contributed by atoms with E-state index < -0.39 is 0 Å². The zero-order valence-corrected chi connectivity index (χ0v) is 12.2. The van der Waals surface area contributed by atoms with Gasteiger partial charge in [-0.2, -0.15) is 5.10 Å². The molecule has 0 unspecified atom stereocenters. The number of aryl methyl sites for hydroxylation is 1. The maximum absolute atomic E-state index is 12.1. The molecule has 0 bridgehead atoms. The molecule has 1 heterocycles. The molecule has 2 N–H and O–H groups in total. The molecule has 0 aliphatic rings. The molecular weight excluding hydrogens is 276 g/mol. The van der Waals surface area contributed by atoms with E-state index in [4.69, 9.17) is 11.6 Å². The van der Waals surface area contributed by atoms with Crippen LogP contribution < -0.4 is 5.32 Å². The lowest BCUT2D eigenvalue weighted by Gasteiger charge is -2.13. The number of carbonyl (C=O) groups is 1. The van der Waals surface area contributed by atoms with Crippen molar-refractivity contribution in [3.05, 3.63) is 46.5 Å². The summed E-state index contributed by atoms with van der Waals surface area (Å²) >= 11 is 5.90. The van der Waals surface area contributed by atoms with E-state index in [-0.39, 0.29) is 11.9 Å². The number of rotatable bonds is 5. The van der Waals surface area contributed by atoms with Crippen molar-refractivity contribution in [2.45, 2.75) is 32.7 Å². The normalized spacial score (nSPS) is 12.2. The van der Waals surface area contributed by atoms with E-state index in [1.54, 1.807) is 12.1 Å². The monoisotopic (exact) mass is 292 g/mol. The van der Waals surface area contributed by atoms with Crippen molar-refractivity contribution in [3.63, 3.8) is 0 Å². The van der Waals surface area contributed by atoms with Gasteiger partial charge in [-0.3, -0.25) is 9.89 Å². The minimum Gasteiger partial charge on any atom is -0.346 e. The van der Waals surface area contributed by atoms with E-state index in [0.29, 0.717) is 17.3 Å². The number of H-pyrrole nitrogens is 1. The summed E-state index contributed by atoms with van der Waals surface area (Å²) in [6.45, 7) is 3.81. The van der Waals surface area contributed by atoms with Gasteiger partial charge in [0.25, 0.3) is 0 Å². The number of nitrogens with zero attached hydrogens (tertiary/aromatic N) is 2. The van der Waals surface area contributed by atoms with Crippen LogP contribution in [0, 0.1) is 6.92 Å². The topological polar surface area (TPSA) is 70.7 Å². The van der Waals surface area contributed by atoms with Crippen LogP contribution in [0.25, 0.3) is 0 Å². The number of nitrogens with one attached hydrogen (secondary N) is 2. The standard InChI is InChI=1S/C14H17ClN4O/c1-3-12(14-16-9(2)18-19-14)17-13(20)8-10-5-4-6-11(15)7-10/h4-7,12H,3,8H2,1-2H3,(H,17,20)(H,16,18,19)/t12-/m0/s1. The number of halogens is 1. The highest BCUT2D eigenvalue weighted by Crippen LogP contribution is 2.14. The Bertz CT molecular complexity index is 596. The number of hydrogen-bond acceptors (Lipinski definition) is 3. The molecule has 1 aromatic heterocycles. The van der Waals surface area contributed by atoms with Gasteiger partial charge in [0, 0.05) is 5.02 Å². The average Bonchev–Trinajstić information content (AvgIpc) is 2.82. The van der Waals surface area contributed by atoms with Crippen LogP contribution in [0.5, 0.6) is 0 Å². The molecule has 1 amide bonds. The third-order valence-corrected chi connectivity index (χ3v) is 3.16. The van der Waals surface area contributed by atoms with Crippen LogP contribution in [0.1, 0.15) is 36.6 Å². The van der Waals surface area contributed by atoms with Gasteiger partial charge < -0.3 is 5.32 Å². The molecule has 5 nitrogen and oxygen atoms in total. The molecule has 0 aliphatic heterocycles. The molecule has 1 aromatic carbocycles. The molecule has 106 valence electrons. The van der Waals surface area contributed by atoms with Gasteiger partial charge in [-0.15, -0.1) is 0 Å². The summed E-state index contributed by atoms with van der Waals surface area (Å²) < 4.78 is 0. The highest BCUT2D eigenvalue weighted by Gasteiger charge is 2.16. The summed E-state index contributed by atoms with van der Waals surface area (Å²) in [7, 11) is 0. The molecule has 0 radical (unpaired) electrons. The first kappa shape index (κ1) is 14.5. The van der Waals surface area contributed by atoms with E-state index in [1.807, 2.05) is 26.0 Å². The van der Waals surface area contributed by atoms with Gasteiger partial charge in [-0.25, -0.2) is 4.98 Å². The summed E-state index contributed by atoms with van der Waals surface area (Å²) in [6.07, 6.45) is 1.03. The van der Waals surface area contributed by atoms with Crippen molar-refractivity contribution in [1.82, 2.24) is 20.5 Å². The number of aromatic amines is 1. The van der Waals surface area contributed by atoms with Crippen molar-refractivity contribution in [2.24, 2.45) is 0 Å². The van der Waals surface area contributed by atoms with Gasteiger partial charge in [0.05, 0.1) is 12.5 Å². The highest BCUT2D eigenvalue weighted by molar-refractivity contribution is 6.30. The first-order valence-electron chi connectivity index (χ1n) is 6.51. The first-order valence-corrected chi connectivity index (χ1v) is 6.89. The Balaban J connectivity index is 1.99. The Labute approximate surface area is 122 Å². The van der Waals surface area contributed by atoms with Gasteiger partial charge in [-0.1, -0.05) is 30.7 Å². The first-order chi connectivity index (χ1) is 9.58. The minimum absolute atomic E-state index is 0.0680. The van der Waals surface area contributed by atoms with Gasteiger partial charge >= 0.3 is 0 Å². The zero-order chi connectivity index (χ0) is 14.5. The molecule has 0 saturated carbocycles. The van der Waals surface area contributed by atoms with E-state index >= 15 is 0 Å². The smallest absolute Gasteiger partial charge is 0.225 e. The summed E-state index contributed by atoms with van der Waals surface area (Å²) in [5.74, 6) is 1.29. The molecule has 0 fully saturated rings.